The minimum absolute atomic E-state index is 0. The summed E-state index contributed by atoms with van der Waals surface area (Å²) in [5.41, 5.74) is 4.69. The molecule has 0 aliphatic carbocycles. The molecule has 7 nitrogen and oxygen atoms in total. The molecule has 2 aromatic carbocycles. The molecule has 0 atom stereocenters. The molecule has 0 aliphatic rings. The van der Waals surface area contributed by atoms with Crippen LogP contribution in [0.25, 0.3) is 0 Å². The minimum atomic E-state index is -0.750. The first kappa shape index (κ1) is 42.0. The van der Waals surface area contributed by atoms with Crippen LogP contribution in [0, 0.1) is 0 Å². The van der Waals surface area contributed by atoms with Crippen molar-refractivity contribution in [1.82, 2.24) is 0 Å². The van der Waals surface area contributed by atoms with E-state index in [4.69, 9.17) is 24.4 Å². The summed E-state index contributed by atoms with van der Waals surface area (Å²) in [7, 11) is 0. The van der Waals surface area contributed by atoms with Crippen molar-refractivity contribution >= 4 is 19.1 Å². The number of rotatable bonds is 6. The van der Waals surface area contributed by atoms with Gasteiger partial charge in [0.2, 0.25) is 0 Å². The van der Waals surface area contributed by atoms with E-state index in [0.717, 1.165) is 11.1 Å². The first-order valence-corrected chi connectivity index (χ1v) is 11.3. The van der Waals surface area contributed by atoms with Crippen LogP contribution < -0.4 is 68.9 Å². The van der Waals surface area contributed by atoms with Crippen molar-refractivity contribution in [3.63, 3.8) is 0 Å². The molecule has 35 heavy (non-hydrogen) atoms. The Kier molecular flexibility index (Phi) is 29.1. The van der Waals surface area contributed by atoms with Gasteiger partial charge >= 0.3 is 59.1 Å². The maximum Gasteiger partial charge on any atom is 1.00 e. The Balaban J connectivity index is -0.000000221. The normalized spacial score (nSPS) is 9.49. The molecule has 2 N–H and O–H groups in total. The fourth-order valence-electron chi connectivity index (χ4n) is 3.52. The van der Waals surface area contributed by atoms with Gasteiger partial charge in [-0.05, 0) is 46.9 Å². The van der Waals surface area contributed by atoms with Crippen molar-refractivity contribution in [3.8, 4) is 11.5 Å². The third-order valence-corrected chi connectivity index (χ3v) is 4.80. The zero-order valence-corrected chi connectivity index (χ0v) is 27.6. The SMILES string of the molecule is C=O.CC(C)c1cccc(OO)c1C(C)C.CC(C)c1cccc(OO)c1C(C)C.[Na+].[Na+].[O-]S[O-]. The Hall–Kier alpha value is -0.1000. The second kappa shape index (κ2) is 24.2. The second-order valence-electron chi connectivity index (χ2n) is 8.39. The van der Waals surface area contributed by atoms with Gasteiger partial charge in [0.15, 0.2) is 11.5 Å². The summed E-state index contributed by atoms with van der Waals surface area (Å²) < 4.78 is 16.6. The smallest absolute Gasteiger partial charge is 0.811 e. The molecule has 0 aromatic heterocycles. The van der Waals surface area contributed by atoms with Crippen LogP contribution in [0.4, 0.5) is 0 Å². The maximum absolute atomic E-state index is 8.77. The second-order valence-corrected chi connectivity index (χ2v) is 8.52. The van der Waals surface area contributed by atoms with E-state index in [1.807, 2.05) is 18.9 Å². The van der Waals surface area contributed by atoms with Gasteiger partial charge in [-0.15, -0.1) is 0 Å². The van der Waals surface area contributed by atoms with Crippen LogP contribution in [0.2, 0.25) is 0 Å². The summed E-state index contributed by atoms with van der Waals surface area (Å²) in [4.78, 5) is 16.8. The number of hydrogen-bond donors (Lipinski definition) is 2. The van der Waals surface area contributed by atoms with Crippen LogP contribution in [0.15, 0.2) is 36.4 Å². The van der Waals surface area contributed by atoms with E-state index in [-0.39, 0.29) is 59.1 Å². The van der Waals surface area contributed by atoms with E-state index in [1.165, 1.54) is 11.1 Å². The Morgan fingerprint density at radius 3 is 1.09 bits per heavy atom. The van der Waals surface area contributed by atoms with Crippen molar-refractivity contribution in [3.05, 3.63) is 58.7 Å². The molecule has 10 heteroatoms. The molecule has 0 heterocycles. The van der Waals surface area contributed by atoms with Gasteiger partial charge in [-0.3, -0.25) is 0 Å². The Bertz CT molecular complexity index is 725. The Labute approximate surface area is 259 Å². The van der Waals surface area contributed by atoms with Gasteiger partial charge in [0.25, 0.3) is 0 Å². The molecule has 0 fully saturated rings. The number of benzene rings is 2. The summed E-state index contributed by atoms with van der Waals surface area (Å²) >= 11 is -0.750. The van der Waals surface area contributed by atoms with Gasteiger partial charge in [-0.2, -0.15) is 0 Å². The van der Waals surface area contributed by atoms with Crippen LogP contribution in [0.3, 0.4) is 0 Å². The van der Waals surface area contributed by atoms with Crippen molar-refractivity contribution in [1.29, 1.82) is 0 Å². The molecule has 0 spiro atoms. The van der Waals surface area contributed by atoms with Crippen molar-refractivity contribution in [2.45, 2.75) is 79.1 Å². The van der Waals surface area contributed by atoms with E-state index in [9.17, 15) is 0 Å². The van der Waals surface area contributed by atoms with E-state index >= 15 is 0 Å². The molecule has 0 aliphatic heterocycles. The average molecular weight is 529 g/mol. The standard InChI is InChI=1S/2C12H18O2.CH2O.2Na.H2O2S/c2*1-8(2)10-6-5-7-11(14-13)12(10)9(3)4;1-2;;;1-3-2/h2*5-9,13H,1-4H3;1H2;;;1-2H/q;;;2*+1;/p-2. The molecule has 0 amide bonds. The summed E-state index contributed by atoms with van der Waals surface area (Å²) in [6, 6.07) is 11.6. The topological polar surface area (TPSA) is 122 Å². The number of hydrogen-bond acceptors (Lipinski definition) is 8. The molecule has 0 saturated heterocycles. The van der Waals surface area contributed by atoms with Gasteiger partial charge in [0, 0.05) is 11.1 Å². The summed E-state index contributed by atoms with van der Waals surface area (Å²) in [6.45, 7) is 19.0. The van der Waals surface area contributed by atoms with Crippen LogP contribution in [0.5, 0.6) is 11.5 Å². The van der Waals surface area contributed by atoms with Crippen molar-refractivity contribution in [2.24, 2.45) is 0 Å². The Morgan fingerprint density at radius 1 is 0.657 bits per heavy atom. The first-order chi connectivity index (χ1) is 15.6. The zero-order valence-electron chi connectivity index (χ0n) is 22.8. The van der Waals surface area contributed by atoms with Crippen LogP contribution in [0.1, 0.15) is 101 Å². The van der Waals surface area contributed by atoms with Crippen LogP contribution >= 0.6 is 12.3 Å². The zero-order chi connectivity index (χ0) is 26.1. The quantitative estimate of drug-likeness (QED) is 0.250. The number of carbonyl (C=O) groups is 1. The van der Waals surface area contributed by atoms with Crippen LogP contribution in [-0.2, 0) is 4.79 Å². The van der Waals surface area contributed by atoms with Gasteiger partial charge in [-0.25, -0.2) is 10.5 Å². The largest absolute Gasteiger partial charge is 1.00 e. The fourth-order valence-corrected chi connectivity index (χ4v) is 3.52. The van der Waals surface area contributed by atoms with E-state index in [1.54, 1.807) is 12.1 Å². The predicted molar refractivity (Wildman–Crippen MR) is 132 cm³/mol. The van der Waals surface area contributed by atoms with Gasteiger partial charge in [0.05, 0.1) is 0 Å². The molecular weight excluding hydrogens is 490 g/mol. The Morgan fingerprint density at radius 2 is 0.914 bits per heavy atom. The van der Waals surface area contributed by atoms with Gasteiger partial charge < -0.3 is 36.0 Å². The molecular formula is C25H38Na2O7S. The van der Waals surface area contributed by atoms with E-state index < -0.39 is 12.3 Å². The van der Waals surface area contributed by atoms with Gasteiger partial charge in [0.1, 0.15) is 6.79 Å². The minimum Gasteiger partial charge on any atom is -0.811 e. The van der Waals surface area contributed by atoms with Crippen molar-refractivity contribution in [2.75, 3.05) is 0 Å². The predicted octanol–water partition coefficient (Wildman–Crippen LogP) is 1.37. The molecule has 2 aromatic rings. The summed E-state index contributed by atoms with van der Waals surface area (Å²) in [5.74, 6) is 2.76. The third-order valence-electron chi connectivity index (χ3n) is 4.80. The van der Waals surface area contributed by atoms with Crippen molar-refractivity contribution < 1.29 is 93.3 Å². The monoisotopic (exact) mass is 528 g/mol. The molecule has 0 radical (unpaired) electrons. The molecule has 0 saturated carbocycles. The summed E-state index contributed by atoms with van der Waals surface area (Å²) in [6.07, 6.45) is 0. The molecule has 0 bridgehead atoms. The maximum atomic E-state index is 8.77. The first-order valence-electron chi connectivity index (χ1n) is 10.7. The van der Waals surface area contributed by atoms with Gasteiger partial charge in [-0.1, -0.05) is 79.7 Å². The molecule has 188 valence electrons. The third kappa shape index (κ3) is 15.0. The molecule has 2 rings (SSSR count). The number of carbonyl (C=O) groups excluding carboxylic acids is 1. The molecule has 0 unspecified atom stereocenters. The summed E-state index contributed by atoms with van der Waals surface area (Å²) in [5, 5.41) is 17.5. The average Bonchev–Trinajstić information content (AvgIpc) is 2.79. The van der Waals surface area contributed by atoms with Crippen LogP contribution in [-0.4, -0.2) is 26.4 Å². The van der Waals surface area contributed by atoms with E-state index in [0.29, 0.717) is 35.2 Å². The fraction of sp³-hybridized carbons (Fsp3) is 0.480. The van der Waals surface area contributed by atoms with E-state index in [2.05, 4.69) is 77.3 Å².